The Bertz CT molecular complexity index is 526. The van der Waals surface area contributed by atoms with Crippen molar-refractivity contribution in [1.82, 2.24) is 24.9 Å². The number of nitrogens with one attached hydrogen (secondary N) is 1. The first-order chi connectivity index (χ1) is 9.13. The molecule has 1 N–H and O–H groups in total. The van der Waals surface area contributed by atoms with E-state index in [-0.39, 0.29) is 0 Å². The van der Waals surface area contributed by atoms with Gasteiger partial charge in [-0.05, 0) is 26.3 Å². The van der Waals surface area contributed by atoms with Gasteiger partial charge in [-0.15, -0.1) is 0 Å². The number of hydrogen-bond donors (Lipinski definition) is 1. The monoisotopic (exact) mass is 261 g/mol. The SMILES string of the molecule is CC[C@H](C)n1nccc1CNCc1cnn(C)c1C. The van der Waals surface area contributed by atoms with Crippen molar-refractivity contribution in [1.29, 1.82) is 0 Å². The number of aromatic nitrogens is 4. The Hall–Kier alpha value is -1.62. The Morgan fingerprint density at radius 3 is 2.74 bits per heavy atom. The normalized spacial score (nSPS) is 12.8. The summed E-state index contributed by atoms with van der Waals surface area (Å²) in [5.41, 5.74) is 3.69. The van der Waals surface area contributed by atoms with Gasteiger partial charge in [-0.3, -0.25) is 9.36 Å². The van der Waals surface area contributed by atoms with E-state index < -0.39 is 0 Å². The Balaban J connectivity index is 1.93. The Labute approximate surface area is 114 Å². The molecule has 0 aliphatic rings. The van der Waals surface area contributed by atoms with Crippen LogP contribution < -0.4 is 5.32 Å². The fraction of sp³-hybridized carbons (Fsp3) is 0.571. The quantitative estimate of drug-likeness (QED) is 0.867. The number of aryl methyl sites for hydroxylation is 1. The van der Waals surface area contributed by atoms with Crippen LogP contribution in [0.1, 0.15) is 43.3 Å². The zero-order valence-electron chi connectivity index (χ0n) is 12.2. The third-order valence-corrected chi connectivity index (χ3v) is 3.72. The van der Waals surface area contributed by atoms with Crippen molar-refractivity contribution < 1.29 is 0 Å². The highest BCUT2D eigenvalue weighted by atomic mass is 15.3. The Morgan fingerprint density at radius 1 is 1.32 bits per heavy atom. The molecule has 0 aliphatic carbocycles. The van der Waals surface area contributed by atoms with Gasteiger partial charge in [0.2, 0.25) is 0 Å². The van der Waals surface area contributed by atoms with Crippen LogP contribution in [0.4, 0.5) is 0 Å². The minimum Gasteiger partial charge on any atom is -0.307 e. The summed E-state index contributed by atoms with van der Waals surface area (Å²) >= 11 is 0. The van der Waals surface area contributed by atoms with Crippen LogP contribution in [0.2, 0.25) is 0 Å². The van der Waals surface area contributed by atoms with Gasteiger partial charge in [-0.25, -0.2) is 0 Å². The molecule has 5 nitrogen and oxygen atoms in total. The maximum atomic E-state index is 4.39. The Kier molecular flexibility index (Phi) is 4.37. The van der Waals surface area contributed by atoms with Gasteiger partial charge < -0.3 is 5.32 Å². The molecular weight excluding hydrogens is 238 g/mol. The van der Waals surface area contributed by atoms with Gasteiger partial charge >= 0.3 is 0 Å². The molecule has 0 saturated carbocycles. The summed E-state index contributed by atoms with van der Waals surface area (Å²) in [4.78, 5) is 0. The van der Waals surface area contributed by atoms with E-state index in [1.54, 1.807) is 0 Å². The van der Waals surface area contributed by atoms with Crippen molar-refractivity contribution in [3.8, 4) is 0 Å². The molecule has 2 heterocycles. The highest BCUT2D eigenvalue weighted by Crippen LogP contribution is 2.12. The van der Waals surface area contributed by atoms with Gasteiger partial charge in [0, 0.05) is 43.6 Å². The topological polar surface area (TPSA) is 47.7 Å². The molecule has 2 aromatic heterocycles. The molecule has 0 spiro atoms. The second-order valence-corrected chi connectivity index (χ2v) is 5.01. The maximum Gasteiger partial charge on any atom is 0.0537 e. The van der Waals surface area contributed by atoms with Gasteiger partial charge in [0.1, 0.15) is 0 Å². The molecule has 19 heavy (non-hydrogen) atoms. The lowest BCUT2D eigenvalue weighted by atomic mass is 10.2. The molecule has 0 bridgehead atoms. The largest absolute Gasteiger partial charge is 0.307 e. The molecule has 0 saturated heterocycles. The maximum absolute atomic E-state index is 4.39. The van der Waals surface area contributed by atoms with E-state index in [9.17, 15) is 0 Å². The molecule has 0 aliphatic heterocycles. The smallest absolute Gasteiger partial charge is 0.0537 e. The molecule has 0 unspecified atom stereocenters. The van der Waals surface area contributed by atoms with Gasteiger partial charge in [0.05, 0.1) is 11.9 Å². The highest BCUT2D eigenvalue weighted by Gasteiger charge is 2.08. The molecule has 0 radical (unpaired) electrons. The molecule has 0 fully saturated rings. The lowest BCUT2D eigenvalue weighted by Gasteiger charge is -2.14. The molecule has 2 rings (SSSR count). The van der Waals surface area contributed by atoms with E-state index in [1.807, 2.05) is 24.1 Å². The minimum absolute atomic E-state index is 0.451. The molecular formula is C14H23N5. The number of nitrogens with zero attached hydrogens (tertiary/aromatic N) is 4. The van der Waals surface area contributed by atoms with Crippen molar-refractivity contribution in [3.63, 3.8) is 0 Å². The van der Waals surface area contributed by atoms with Gasteiger partial charge in [0.15, 0.2) is 0 Å². The van der Waals surface area contributed by atoms with Crippen molar-refractivity contribution >= 4 is 0 Å². The van der Waals surface area contributed by atoms with Gasteiger partial charge in [-0.1, -0.05) is 6.92 Å². The lowest BCUT2D eigenvalue weighted by molar-refractivity contribution is 0.451. The first-order valence-corrected chi connectivity index (χ1v) is 6.84. The van der Waals surface area contributed by atoms with Crippen LogP contribution in [-0.4, -0.2) is 19.6 Å². The molecule has 104 valence electrons. The van der Waals surface area contributed by atoms with Crippen LogP contribution in [0.5, 0.6) is 0 Å². The molecule has 0 amide bonds. The zero-order chi connectivity index (χ0) is 13.8. The van der Waals surface area contributed by atoms with E-state index in [1.165, 1.54) is 17.0 Å². The van der Waals surface area contributed by atoms with Crippen LogP contribution in [0.15, 0.2) is 18.5 Å². The molecule has 5 heteroatoms. The van der Waals surface area contributed by atoms with Crippen LogP contribution in [0.3, 0.4) is 0 Å². The van der Waals surface area contributed by atoms with Gasteiger partial charge in [0.25, 0.3) is 0 Å². The summed E-state index contributed by atoms with van der Waals surface area (Å²) in [7, 11) is 1.97. The van der Waals surface area contributed by atoms with Crippen LogP contribution in [0, 0.1) is 6.92 Å². The van der Waals surface area contributed by atoms with E-state index in [2.05, 4.69) is 47.0 Å². The third-order valence-electron chi connectivity index (χ3n) is 3.72. The van der Waals surface area contributed by atoms with E-state index >= 15 is 0 Å². The van der Waals surface area contributed by atoms with Crippen molar-refractivity contribution in [3.05, 3.63) is 35.4 Å². The minimum atomic E-state index is 0.451. The predicted molar refractivity (Wildman–Crippen MR) is 75.7 cm³/mol. The predicted octanol–water partition coefficient (Wildman–Crippen LogP) is 2.19. The fourth-order valence-electron chi connectivity index (χ4n) is 2.09. The summed E-state index contributed by atoms with van der Waals surface area (Å²) < 4.78 is 4.00. The molecule has 0 aromatic carbocycles. The van der Waals surface area contributed by atoms with Crippen molar-refractivity contribution in [2.45, 2.75) is 46.3 Å². The molecule has 2 aromatic rings. The van der Waals surface area contributed by atoms with Crippen molar-refractivity contribution in [2.24, 2.45) is 7.05 Å². The summed E-state index contributed by atoms with van der Waals surface area (Å²) in [6.45, 7) is 8.14. The standard InChI is InChI=1S/C14H23N5/c1-5-11(2)19-14(6-7-16-19)10-15-8-13-9-17-18(4)12(13)3/h6-7,9,11,15H,5,8,10H2,1-4H3/t11-/m0/s1. The van der Waals surface area contributed by atoms with E-state index in [4.69, 9.17) is 0 Å². The summed E-state index contributed by atoms with van der Waals surface area (Å²) in [5.74, 6) is 0. The Morgan fingerprint density at radius 2 is 2.11 bits per heavy atom. The first-order valence-electron chi connectivity index (χ1n) is 6.84. The van der Waals surface area contributed by atoms with Crippen molar-refractivity contribution in [2.75, 3.05) is 0 Å². The summed E-state index contributed by atoms with van der Waals surface area (Å²) in [6, 6.07) is 2.53. The zero-order valence-corrected chi connectivity index (χ0v) is 12.2. The fourth-order valence-corrected chi connectivity index (χ4v) is 2.09. The van der Waals surface area contributed by atoms with Gasteiger partial charge in [-0.2, -0.15) is 10.2 Å². The number of rotatable bonds is 6. The summed E-state index contributed by atoms with van der Waals surface area (Å²) in [5, 5.41) is 12.1. The third kappa shape index (κ3) is 3.04. The average Bonchev–Trinajstić information content (AvgIpc) is 2.99. The van der Waals surface area contributed by atoms with Crippen LogP contribution in [0.25, 0.3) is 0 Å². The lowest BCUT2D eigenvalue weighted by Crippen LogP contribution is -2.18. The first kappa shape index (κ1) is 13.8. The second kappa shape index (κ2) is 6.02. The summed E-state index contributed by atoms with van der Waals surface area (Å²) in [6.07, 6.45) is 4.89. The average molecular weight is 261 g/mol. The highest BCUT2D eigenvalue weighted by molar-refractivity contribution is 5.15. The second-order valence-electron chi connectivity index (χ2n) is 5.01. The van der Waals surface area contributed by atoms with E-state index in [0.29, 0.717) is 6.04 Å². The molecule has 1 atom stereocenters. The van der Waals surface area contributed by atoms with Crippen LogP contribution >= 0.6 is 0 Å². The number of hydrogen-bond acceptors (Lipinski definition) is 3. The van der Waals surface area contributed by atoms with Crippen LogP contribution in [-0.2, 0) is 20.1 Å². The van der Waals surface area contributed by atoms with E-state index in [0.717, 1.165) is 19.5 Å².